The van der Waals surface area contributed by atoms with Gasteiger partial charge in [0.2, 0.25) is 0 Å². The van der Waals surface area contributed by atoms with Crippen LogP contribution in [0.15, 0.2) is 41.0 Å². The van der Waals surface area contributed by atoms with Gasteiger partial charge in [0, 0.05) is 11.9 Å². The summed E-state index contributed by atoms with van der Waals surface area (Å²) in [6.07, 6.45) is 1.67. The fourth-order valence-electron chi connectivity index (χ4n) is 1.43. The van der Waals surface area contributed by atoms with E-state index in [0.717, 1.165) is 4.47 Å². The Bertz CT molecular complexity index is 667. The third kappa shape index (κ3) is 2.48. The van der Waals surface area contributed by atoms with Gasteiger partial charge in [-0.1, -0.05) is 0 Å². The van der Waals surface area contributed by atoms with E-state index in [0.29, 0.717) is 22.6 Å². The van der Waals surface area contributed by atoms with Crippen molar-refractivity contribution in [3.63, 3.8) is 0 Å². The zero-order valence-corrected chi connectivity index (χ0v) is 10.8. The first-order valence-corrected chi connectivity index (χ1v) is 5.85. The fraction of sp³-hybridized carbons (Fsp3) is 0. The highest BCUT2D eigenvalue weighted by molar-refractivity contribution is 9.10. The highest BCUT2D eigenvalue weighted by Gasteiger charge is 2.05. The Morgan fingerprint density at radius 2 is 1.89 bits per heavy atom. The van der Waals surface area contributed by atoms with E-state index in [4.69, 9.17) is 10.5 Å². The first-order valence-electron chi connectivity index (χ1n) is 5.06. The summed E-state index contributed by atoms with van der Waals surface area (Å²) in [6, 6.07) is 12.6. The number of aromatic nitrogens is 1. The first-order chi connectivity index (χ1) is 8.74. The van der Waals surface area contributed by atoms with Gasteiger partial charge in [-0.05, 0) is 46.3 Å². The van der Waals surface area contributed by atoms with Gasteiger partial charge in [0.05, 0.1) is 15.6 Å². The largest absolute Gasteiger partial charge is 0.339 e. The van der Waals surface area contributed by atoms with Crippen LogP contribution in [0, 0.1) is 22.7 Å². The molecule has 0 saturated carbocycles. The first kappa shape index (κ1) is 12.1. The number of pyridine rings is 1. The van der Waals surface area contributed by atoms with E-state index < -0.39 is 0 Å². The maximum Gasteiger partial charge on any atom is 0.144 e. The molecule has 1 aromatic carbocycles. The Morgan fingerprint density at radius 3 is 2.56 bits per heavy atom. The van der Waals surface area contributed by atoms with Crippen LogP contribution in [0.25, 0.3) is 0 Å². The molecule has 0 fully saturated rings. The average molecular weight is 299 g/mol. The van der Waals surface area contributed by atoms with Crippen LogP contribution < -0.4 is 5.32 Å². The molecule has 0 unspecified atom stereocenters. The lowest BCUT2D eigenvalue weighted by atomic mass is 10.1. The topological polar surface area (TPSA) is 72.5 Å². The van der Waals surface area contributed by atoms with Gasteiger partial charge in [0.15, 0.2) is 0 Å². The highest BCUT2D eigenvalue weighted by Crippen LogP contribution is 2.24. The maximum absolute atomic E-state index is 8.94. The third-order valence-electron chi connectivity index (χ3n) is 2.28. The van der Waals surface area contributed by atoms with E-state index in [1.807, 2.05) is 24.3 Å². The number of halogens is 1. The summed E-state index contributed by atoms with van der Waals surface area (Å²) < 4.78 is 0.827. The second kappa shape index (κ2) is 5.31. The van der Waals surface area contributed by atoms with Crippen LogP contribution in [0.1, 0.15) is 11.1 Å². The molecule has 4 nitrogen and oxygen atoms in total. The molecule has 0 radical (unpaired) electrons. The molecule has 0 atom stereocenters. The lowest BCUT2D eigenvalue weighted by molar-refractivity contribution is 1.29. The van der Waals surface area contributed by atoms with Crippen molar-refractivity contribution >= 4 is 27.4 Å². The van der Waals surface area contributed by atoms with Crippen molar-refractivity contribution in [1.82, 2.24) is 4.98 Å². The molecule has 18 heavy (non-hydrogen) atoms. The van der Waals surface area contributed by atoms with Crippen molar-refractivity contribution in [2.75, 3.05) is 5.32 Å². The van der Waals surface area contributed by atoms with Crippen molar-refractivity contribution in [3.05, 3.63) is 52.1 Å². The SMILES string of the molecule is N#Cc1ccc(Nc2ncccc2Br)cc1C#N. The second-order valence-corrected chi connectivity index (χ2v) is 4.30. The predicted octanol–water partition coefficient (Wildman–Crippen LogP) is 3.33. The number of anilines is 2. The van der Waals surface area contributed by atoms with E-state index in [-0.39, 0.29) is 0 Å². The molecule has 1 N–H and O–H groups in total. The number of rotatable bonds is 2. The summed E-state index contributed by atoms with van der Waals surface area (Å²) in [4.78, 5) is 4.17. The average Bonchev–Trinajstić information content (AvgIpc) is 2.41. The summed E-state index contributed by atoms with van der Waals surface area (Å²) in [5, 5.41) is 20.9. The molecule has 0 amide bonds. The van der Waals surface area contributed by atoms with Crippen molar-refractivity contribution in [2.45, 2.75) is 0 Å². The van der Waals surface area contributed by atoms with Crippen LogP contribution in [0.2, 0.25) is 0 Å². The lowest BCUT2D eigenvalue weighted by Crippen LogP contribution is -1.95. The van der Waals surface area contributed by atoms with Crippen molar-refractivity contribution in [3.8, 4) is 12.1 Å². The minimum Gasteiger partial charge on any atom is -0.339 e. The van der Waals surface area contributed by atoms with Crippen molar-refractivity contribution in [2.24, 2.45) is 0 Å². The normalized spacial score (nSPS) is 9.28. The molecule has 1 aromatic heterocycles. The Morgan fingerprint density at radius 1 is 1.11 bits per heavy atom. The molecule has 0 aliphatic heterocycles. The molecule has 0 bridgehead atoms. The lowest BCUT2D eigenvalue weighted by Gasteiger charge is -2.07. The summed E-state index contributed by atoms with van der Waals surface area (Å²) in [5.74, 6) is 0.658. The quantitative estimate of drug-likeness (QED) is 0.923. The predicted molar refractivity (Wildman–Crippen MR) is 71.1 cm³/mol. The van der Waals surface area contributed by atoms with Crippen LogP contribution in [0.5, 0.6) is 0 Å². The maximum atomic E-state index is 8.94. The van der Waals surface area contributed by atoms with Crippen LogP contribution in [-0.4, -0.2) is 4.98 Å². The van der Waals surface area contributed by atoms with Gasteiger partial charge in [-0.2, -0.15) is 10.5 Å². The van der Waals surface area contributed by atoms with Crippen molar-refractivity contribution < 1.29 is 0 Å². The number of nitrogens with one attached hydrogen (secondary N) is 1. The molecule has 86 valence electrons. The van der Waals surface area contributed by atoms with Gasteiger partial charge >= 0.3 is 0 Å². The molecule has 1 heterocycles. The monoisotopic (exact) mass is 298 g/mol. The summed E-state index contributed by atoms with van der Waals surface area (Å²) >= 11 is 3.38. The standard InChI is InChI=1S/C13H7BrN4/c14-12-2-1-5-17-13(12)18-11-4-3-9(7-15)10(6-11)8-16/h1-6H,(H,17,18). The molecule has 2 aromatic rings. The Hall–Kier alpha value is -2.37. The zero-order valence-electron chi connectivity index (χ0n) is 9.18. The number of benzene rings is 1. The van der Waals surface area contributed by atoms with E-state index >= 15 is 0 Å². The molecule has 0 spiro atoms. The molecule has 0 saturated heterocycles. The summed E-state index contributed by atoms with van der Waals surface area (Å²) in [7, 11) is 0. The Kier molecular flexibility index (Phi) is 3.57. The molecule has 0 aliphatic carbocycles. The third-order valence-corrected chi connectivity index (χ3v) is 2.92. The van der Waals surface area contributed by atoms with Crippen LogP contribution in [0.4, 0.5) is 11.5 Å². The zero-order chi connectivity index (χ0) is 13.0. The number of nitrogens with zero attached hydrogens (tertiary/aromatic N) is 3. The second-order valence-electron chi connectivity index (χ2n) is 3.44. The number of nitriles is 2. The molecular weight excluding hydrogens is 292 g/mol. The van der Waals surface area contributed by atoms with Gasteiger partial charge < -0.3 is 5.32 Å². The van der Waals surface area contributed by atoms with E-state index in [1.165, 1.54) is 0 Å². The van der Waals surface area contributed by atoms with Gasteiger partial charge in [-0.15, -0.1) is 0 Å². The molecule has 0 aliphatic rings. The number of hydrogen-bond acceptors (Lipinski definition) is 4. The summed E-state index contributed by atoms with van der Waals surface area (Å²) in [5.41, 5.74) is 1.42. The van der Waals surface area contributed by atoms with E-state index in [1.54, 1.807) is 24.4 Å². The van der Waals surface area contributed by atoms with Crippen LogP contribution in [0.3, 0.4) is 0 Å². The van der Waals surface area contributed by atoms with Gasteiger partial charge in [-0.25, -0.2) is 4.98 Å². The van der Waals surface area contributed by atoms with Crippen molar-refractivity contribution in [1.29, 1.82) is 10.5 Å². The van der Waals surface area contributed by atoms with Crippen LogP contribution in [-0.2, 0) is 0 Å². The number of hydrogen-bond donors (Lipinski definition) is 1. The van der Waals surface area contributed by atoms with Crippen LogP contribution >= 0.6 is 15.9 Å². The molecule has 5 heteroatoms. The minimum absolute atomic E-state index is 0.342. The Balaban J connectivity index is 2.35. The highest BCUT2D eigenvalue weighted by atomic mass is 79.9. The van der Waals surface area contributed by atoms with Gasteiger partial charge in [0.1, 0.15) is 18.0 Å². The Labute approximate surface area is 113 Å². The minimum atomic E-state index is 0.342. The van der Waals surface area contributed by atoms with Gasteiger partial charge in [0.25, 0.3) is 0 Å². The molecule has 2 rings (SSSR count). The fourth-order valence-corrected chi connectivity index (χ4v) is 1.78. The van der Waals surface area contributed by atoms with Gasteiger partial charge in [-0.3, -0.25) is 0 Å². The summed E-state index contributed by atoms with van der Waals surface area (Å²) in [6.45, 7) is 0. The molecular formula is C13H7BrN4. The smallest absolute Gasteiger partial charge is 0.144 e. The van der Waals surface area contributed by atoms with E-state index in [9.17, 15) is 0 Å². The van der Waals surface area contributed by atoms with E-state index in [2.05, 4.69) is 26.2 Å².